The second-order valence-electron chi connectivity index (χ2n) is 4.36. The fourth-order valence-corrected chi connectivity index (χ4v) is 3.77. The van der Waals surface area contributed by atoms with Gasteiger partial charge in [0.2, 0.25) is 0 Å². The SMILES string of the molecule is COC(=O)CC(C)SC(=S)C1CCCCC1. The minimum absolute atomic E-state index is 0.147. The van der Waals surface area contributed by atoms with Crippen molar-refractivity contribution in [3.05, 3.63) is 0 Å². The van der Waals surface area contributed by atoms with Crippen molar-refractivity contribution < 1.29 is 9.53 Å². The Labute approximate surface area is 108 Å². The van der Waals surface area contributed by atoms with Crippen LogP contribution in [0.15, 0.2) is 0 Å². The van der Waals surface area contributed by atoms with Gasteiger partial charge in [-0.3, -0.25) is 4.79 Å². The molecule has 1 rings (SSSR count). The number of thiocarbonyl (C=S) groups is 1. The number of rotatable bonds is 4. The van der Waals surface area contributed by atoms with Gasteiger partial charge in [-0.25, -0.2) is 0 Å². The number of hydrogen-bond donors (Lipinski definition) is 0. The van der Waals surface area contributed by atoms with Crippen LogP contribution in [0.1, 0.15) is 45.4 Å². The van der Waals surface area contributed by atoms with Crippen molar-refractivity contribution in [1.82, 2.24) is 0 Å². The van der Waals surface area contributed by atoms with Crippen LogP contribution < -0.4 is 0 Å². The number of carbonyl (C=O) groups is 1. The monoisotopic (exact) mass is 260 g/mol. The van der Waals surface area contributed by atoms with Gasteiger partial charge in [0.1, 0.15) is 0 Å². The number of methoxy groups -OCH3 is 1. The van der Waals surface area contributed by atoms with Crippen molar-refractivity contribution in [2.75, 3.05) is 7.11 Å². The van der Waals surface area contributed by atoms with Crippen LogP contribution in [0.5, 0.6) is 0 Å². The lowest BCUT2D eigenvalue weighted by atomic mass is 9.91. The quantitative estimate of drug-likeness (QED) is 0.570. The van der Waals surface area contributed by atoms with Crippen molar-refractivity contribution in [1.29, 1.82) is 0 Å². The molecule has 0 aromatic heterocycles. The van der Waals surface area contributed by atoms with Gasteiger partial charge in [-0.15, -0.1) is 11.8 Å². The molecule has 1 aliphatic carbocycles. The Kier molecular flexibility index (Phi) is 6.36. The molecular weight excluding hydrogens is 240 g/mol. The highest BCUT2D eigenvalue weighted by Crippen LogP contribution is 2.31. The first-order chi connectivity index (χ1) is 7.63. The average Bonchev–Trinajstić information content (AvgIpc) is 2.29. The van der Waals surface area contributed by atoms with Gasteiger partial charge >= 0.3 is 5.97 Å². The third-order valence-electron chi connectivity index (χ3n) is 2.94. The van der Waals surface area contributed by atoms with E-state index in [-0.39, 0.29) is 11.2 Å². The third kappa shape index (κ3) is 4.83. The van der Waals surface area contributed by atoms with E-state index < -0.39 is 0 Å². The first-order valence-electron chi connectivity index (χ1n) is 5.90. The molecule has 0 amide bonds. The number of ether oxygens (including phenoxy) is 1. The Morgan fingerprint density at radius 2 is 2.06 bits per heavy atom. The van der Waals surface area contributed by atoms with E-state index in [1.165, 1.54) is 39.2 Å². The molecule has 0 aliphatic heterocycles. The van der Waals surface area contributed by atoms with Gasteiger partial charge in [-0.1, -0.05) is 38.4 Å². The van der Waals surface area contributed by atoms with Crippen molar-refractivity contribution in [2.24, 2.45) is 5.92 Å². The number of hydrogen-bond acceptors (Lipinski definition) is 4. The zero-order valence-corrected chi connectivity index (χ0v) is 11.7. The van der Waals surface area contributed by atoms with E-state index in [9.17, 15) is 4.79 Å². The molecule has 1 atom stereocenters. The van der Waals surface area contributed by atoms with E-state index >= 15 is 0 Å². The summed E-state index contributed by atoms with van der Waals surface area (Å²) >= 11 is 7.13. The second-order valence-corrected chi connectivity index (χ2v) is 6.54. The number of thioether (sulfide) groups is 1. The van der Waals surface area contributed by atoms with Gasteiger partial charge in [-0.05, 0) is 12.8 Å². The van der Waals surface area contributed by atoms with Crippen LogP contribution >= 0.6 is 24.0 Å². The summed E-state index contributed by atoms with van der Waals surface area (Å²) in [5, 5.41) is 0.238. The summed E-state index contributed by atoms with van der Waals surface area (Å²) in [4.78, 5) is 11.1. The van der Waals surface area contributed by atoms with Crippen LogP contribution in [0.25, 0.3) is 0 Å². The maximum Gasteiger partial charge on any atom is 0.306 e. The molecule has 4 heteroatoms. The number of carbonyl (C=O) groups excluding carboxylic acids is 1. The molecule has 0 aromatic carbocycles. The molecule has 1 fully saturated rings. The number of esters is 1. The van der Waals surface area contributed by atoms with Gasteiger partial charge in [0.25, 0.3) is 0 Å². The first kappa shape index (κ1) is 14.0. The van der Waals surface area contributed by atoms with Gasteiger partial charge in [-0.2, -0.15) is 0 Å². The Bertz CT molecular complexity index is 247. The summed E-state index contributed by atoms with van der Waals surface area (Å²) in [6.45, 7) is 2.04. The molecule has 0 N–H and O–H groups in total. The topological polar surface area (TPSA) is 26.3 Å². The molecule has 16 heavy (non-hydrogen) atoms. The molecule has 0 radical (unpaired) electrons. The maximum absolute atomic E-state index is 11.1. The van der Waals surface area contributed by atoms with Crippen molar-refractivity contribution in [2.45, 2.75) is 50.7 Å². The van der Waals surface area contributed by atoms with E-state index in [2.05, 4.69) is 4.74 Å². The Hall–Kier alpha value is -0.0900. The minimum atomic E-state index is -0.147. The summed E-state index contributed by atoms with van der Waals surface area (Å²) in [6, 6.07) is 0. The van der Waals surface area contributed by atoms with Gasteiger partial charge in [0, 0.05) is 11.2 Å². The normalized spacial score (nSPS) is 19.1. The predicted molar refractivity (Wildman–Crippen MR) is 72.9 cm³/mol. The van der Waals surface area contributed by atoms with Crippen molar-refractivity contribution in [3.63, 3.8) is 0 Å². The Morgan fingerprint density at radius 3 is 2.62 bits per heavy atom. The van der Waals surface area contributed by atoms with Gasteiger partial charge in [0.05, 0.1) is 17.7 Å². The van der Waals surface area contributed by atoms with Crippen LogP contribution in [-0.2, 0) is 9.53 Å². The van der Waals surface area contributed by atoms with E-state index in [1.54, 1.807) is 11.8 Å². The zero-order valence-electron chi connectivity index (χ0n) is 10.0. The third-order valence-corrected chi connectivity index (χ3v) is 4.69. The molecule has 0 spiro atoms. The molecule has 1 aliphatic rings. The standard InChI is InChI=1S/C12H20O2S2/c1-9(8-11(13)14-2)16-12(15)10-6-4-3-5-7-10/h9-10H,3-8H2,1-2H3. The lowest BCUT2D eigenvalue weighted by Gasteiger charge is -2.23. The molecule has 0 heterocycles. The Morgan fingerprint density at radius 1 is 1.44 bits per heavy atom. The van der Waals surface area contributed by atoms with Crippen LogP contribution in [0.4, 0.5) is 0 Å². The molecule has 92 valence electrons. The smallest absolute Gasteiger partial charge is 0.306 e. The lowest BCUT2D eigenvalue weighted by Crippen LogP contribution is -2.17. The highest BCUT2D eigenvalue weighted by molar-refractivity contribution is 8.23. The fraction of sp³-hybridized carbons (Fsp3) is 0.833. The molecule has 0 saturated heterocycles. The van der Waals surface area contributed by atoms with Crippen LogP contribution in [0.3, 0.4) is 0 Å². The van der Waals surface area contributed by atoms with Gasteiger partial charge in [0.15, 0.2) is 0 Å². The van der Waals surface area contributed by atoms with E-state index in [0.29, 0.717) is 12.3 Å². The maximum atomic E-state index is 11.1. The second kappa shape index (κ2) is 7.28. The summed E-state index contributed by atoms with van der Waals surface area (Å²) in [5.74, 6) is 0.445. The molecular formula is C12H20O2S2. The molecule has 1 saturated carbocycles. The van der Waals surface area contributed by atoms with Crippen molar-refractivity contribution in [3.8, 4) is 0 Å². The predicted octanol–water partition coefficient (Wildman–Crippen LogP) is 3.58. The van der Waals surface area contributed by atoms with Crippen LogP contribution in [0.2, 0.25) is 0 Å². The molecule has 1 unspecified atom stereocenters. The average molecular weight is 260 g/mol. The largest absolute Gasteiger partial charge is 0.469 e. The Balaban J connectivity index is 2.29. The minimum Gasteiger partial charge on any atom is -0.469 e. The molecule has 0 bridgehead atoms. The first-order valence-corrected chi connectivity index (χ1v) is 7.19. The summed E-state index contributed by atoms with van der Waals surface area (Å²) in [6.07, 6.45) is 6.87. The zero-order chi connectivity index (χ0) is 12.0. The molecule has 0 aromatic rings. The fourth-order valence-electron chi connectivity index (χ4n) is 1.99. The summed E-state index contributed by atoms with van der Waals surface area (Å²) in [5.41, 5.74) is 0. The van der Waals surface area contributed by atoms with Crippen LogP contribution in [-0.4, -0.2) is 22.5 Å². The van der Waals surface area contributed by atoms with E-state index in [0.717, 1.165) is 4.20 Å². The van der Waals surface area contributed by atoms with E-state index in [4.69, 9.17) is 12.2 Å². The highest BCUT2D eigenvalue weighted by Gasteiger charge is 2.21. The molecule has 2 nitrogen and oxygen atoms in total. The van der Waals surface area contributed by atoms with Crippen molar-refractivity contribution >= 4 is 34.1 Å². The van der Waals surface area contributed by atoms with Crippen LogP contribution in [0, 0.1) is 5.92 Å². The van der Waals surface area contributed by atoms with Gasteiger partial charge < -0.3 is 4.74 Å². The van der Waals surface area contributed by atoms with E-state index in [1.807, 2.05) is 6.92 Å². The lowest BCUT2D eigenvalue weighted by molar-refractivity contribution is -0.140. The summed E-state index contributed by atoms with van der Waals surface area (Å²) in [7, 11) is 1.43. The highest BCUT2D eigenvalue weighted by atomic mass is 32.2. The summed E-state index contributed by atoms with van der Waals surface area (Å²) < 4.78 is 5.75.